The van der Waals surface area contributed by atoms with Gasteiger partial charge in [-0.3, -0.25) is 9.59 Å². The smallest absolute Gasteiger partial charge is 0.230 e. The van der Waals surface area contributed by atoms with Gasteiger partial charge >= 0.3 is 0 Å². The second-order valence-corrected chi connectivity index (χ2v) is 6.92. The third-order valence-electron chi connectivity index (χ3n) is 4.16. The van der Waals surface area contributed by atoms with Crippen LogP contribution in [0, 0.1) is 18.3 Å². The van der Waals surface area contributed by atoms with Gasteiger partial charge in [0.2, 0.25) is 11.3 Å². The number of aromatic amines is 1. The van der Waals surface area contributed by atoms with Gasteiger partial charge < -0.3 is 20.0 Å². The first kappa shape index (κ1) is 18.5. The van der Waals surface area contributed by atoms with E-state index in [-0.39, 0.29) is 24.0 Å². The molecule has 0 radical (unpaired) electrons. The molecule has 0 atom stereocenters. The molecular formula is C18H17N5O3S. The van der Waals surface area contributed by atoms with Crippen LogP contribution in [0.5, 0.6) is 5.75 Å². The van der Waals surface area contributed by atoms with Crippen molar-refractivity contribution in [1.82, 2.24) is 19.9 Å². The summed E-state index contributed by atoms with van der Waals surface area (Å²) >= 11 is 1.22. The molecule has 0 aliphatic heterocycles. The average molecular weight is 383 g/mol. The van der Waals surface area contributed by atoms with E-state index in [2.05, 4.69) is 21.4 Å². The molecule has 2 heterocycles. The van der Waals surface area contributed by atoms with Crippen molar-refractivity contribution in [3.8, 4) is 11.8 Å². The number of aromatic hydroxyl groups is 1. The second-order valence-electron chi connectivity index (χ2n) is 5.96. The molecule has 0 spiro atoms. The van der Waals surface area contributed by atoms with Gasteiger partial charge in [-0.2, -0.15) is 5.26 Å². The molecule has 2 aromatic heterocycles. The number of nitrogens with one attached hydrogen (secondary N) is 2. The predicted molar refractivity (Wildman–Crippen MR) is 101 cm³/mol. The summed E-state index contributed by atoms with van der Waals surface area (Å²) in [6.45, 7) is 1.80. The van der Waals surface area contributed by atoms with Gasteiger partial charge in [0, 0.05) is 18.8 Å². The van der Waals surface area contributed by atoms with Gasteiger partial charge in [0.25, 0.3) is 0 Å². The summed E-state index contributed by atoms with van der Waals surface area (Å²) < 4.78 is 1.66. The number of carbonyl (C=O) groups is 1. The molecule has 0 saturated heterocycles. The number of aryl methyl sites for hydroxylation is 1. The first-order valence-corrected chi connectivity index (χ1v) is 9.05. The van der Waals surface area contributed by atoms with Gasteiger partial charge in [-0.1, -0.05) is 11.8 Å². The monoisotopic (exact) mass is 383 g/mol. The Morgan fingerprint density at radius 1 is 1.44 bits per heavy atom. The maximum absolute atomic E-state index is 12.1. The maximum atomic E-state index is 12.1. The minimum atomic E-state index is -0.469. The van der Waals surface area contributed by atoms with Crippen LogP contribution in [0.3, 0.4) is 0 Å². The number of nitrogens with zero attached hydrogens (tertiary/aromatic N) is 3. The summed E-state index contributed by atoms with van der Waals surface area (Å²) in [4.78, 5) is 31.2. The molecule has 1 aromatic carbocycles. The van der Waals surface area contributed by atoms with Gasteiger partial charge in [-0.05, 0) is 25.1 Å². The second kappa shape index (κ2) is 7.55. The molecule has 8 nitrogen and oxygen atoms in total. The Bertz CT molecular complexity index is 1130. The fourth-order valence-electron chi connectivity index (χ4n) is 2.56. The molecule has 138 valence electrons. The number of pyridine rings is 1. The van der Waals surface area contributed by atoms with E-state index in [0.717, 1.165) is 11.0 Å². The quantitative estimate of drug-likeness (QED) is 0.575. The van der Waals surface area contributed by atoms with Crippen LogP contribution in [0.15, 0.2) is 34.2 Å². The summed E-state index contributed by atoms with van der Waals surface area (Å²) in [5.41, 5.74) is 2.56. The van der Waals surface area contributed by atoms with Crippen LogP contribution in [0.25, 0.3) is 11.0 Å². The molecule has 3 N–H and O–H groups in total. The Hall–Kier alpha value is -3.25. The molecule has 0 fully saturated rings. The van der Waals surface area contributed by atoms with Crippen LogP contribution >= 0.6 is 11.8 Å². The number of fused-ring (bicyclic) bond motifs is 1. The number of aromatic nitrogens is 3. The Kier molecular flexibility index (Phi) is 5.19. The topological polar surface area (TPSA) is 124 Å². The number of rotatable bonds is 5. The van der Waals surface area contributed by atoms with E-state index >= 15 is 0 Å². The molecule has 0 unspecified atom stereocenters. The molecule has 1 amide bonds. The zero-order valence-electron chi connectivity index (χ0n) is 14.7. The fourth-order valence-corrected chi connectivity index (χ4v) is 3.28. The van der Waals surface area contributed by atoms with E-state index in [4.69, 9.17) is 5.26 Å². The molecule has 0 saturated carbocycles. The normalized spacial score (nSPS) is 10.7. The Morgan fingerprint density at radius 2 is 2.22 bits per heavy atom. The van der Waals surface area contributed by atoms with Crippen molar-refractivity contribution in [3.05, 3.63) is 51.4 Å². The summed E-state index contributed by atoms with van der Waals surface area (Å²) in [7, 11) is 1.72. The van der Waals surface area contributed by atoms with Gasteiger partial charge in [-0.15, -0.1) is 0 Å². The fraction of sp³-hybridized carbons (Fsp3) is 0.222. The van der Waals surface area contributed by atoms with Gasteiger partial charge in [-0.25, -0.2) is 4.98 Å². The lowest BCUT2D eigenvalue weighted by Crippen LogP contribution is -2.27. The Labute approximate surface area is 158 Å². The third-order valence-corrected chi connectivity index (χ3v) is 5.04. The van der Waals surface area contributed by atoms with Crippen molar-refractivity contribution < 1.29 is 9.90 Å². The van der Waals surface area contributed by atoms with Crippen LogP contribution in [0.1, 0.15) is 17.0 Å². The van der Waals surface area contributed by atoms with E-state index in [1.54, 1.807) is 36.7 Å². The van der Waals surface area contributed by atoms with E-state index in [1.807, 2.05) is 0 Å². The lowest BCUT2D eigenvalue weighted by Gasteiger charge is -2.14. The number of H-pyrrole nitrogens is 1. The number of hydrogen-bond donors (Lipinski definition) is 3. The highest BCUT2D eigenvalue weighted by Gasteiger charge is 2.13. The van der Waals surface area contributed by atoms with E-state index < -0.39 is 5.43 Å². The summed E-state index contributed by atoms with van der Waals surface area (Å²) in [5.74, 6) is -0.501. The van der Waals surface area contributed by atoms with E-state index in [1.165, 1.54) is 17.8 Å². The average Bonchev–Trinajstić information content (AvgIpc) is 3.06. The number of imidazole rings is 1. The minimum Gasteiger partial charge on any atom is -0.503 e. The van der Waals surface area contributed by atoms with Crippen LogP contribution in [-0.4, -0.2) is 31.3 Å². The molecule has 0 aliphatic carbocycles. The van der Waals surface area contributed by atoms with Crippen molar-refractivity contribution in [1.29, 1.82) is 5.26 Å². The highest BCUT2D eigenvalue weighted by molar-refractivity contribution is 7.99. The maximum Gasteiger partial charge on any atom is 0.230 e. The van der Waals surface area contributed by atoms with Crippen molar-refractivity contribution in [3.63, 3.8) is 0 Å². The lowest BCUT2D eigenvalue weighted by molar-refractivity contribution is -0.118. The molecule has 0 aliphatic rings. The zero-order chi connectivity index (χ0) is 19.6. The summed E-state index contributed by atoms with van der Waals surface area (Å²) in [5, 5.41) is 22.1. The highest BCUT2D eigenvalue weighted by Crippen LogP contribution is 2.20. The van der Waals surface area contributed by atoms with Crippen LogP contribution in [0.2, 0.25) is 0 Å². The standard InChI is InChI=1S/C18H17N5O3S/c1-10-5-15(24)17(26)14(23(10)2)8-20-16(25)9-27-18-21-12-4-3-11(7-19)6-13(12)22-18/h3-6,26H,8-9H2,1-2H3,(H,20,25)(H,21,22). The minimum absolute atomic E-state index is 0.0459. The van der Waals surface area contributed by atoms with Crippen molar-refractivity contribution in [2.45, 2.75) is 18.6 Å². The van der Waals surface area contributed by atoms with Crippen molar-refractivity contribution in [2.75, 3.05) is 5.75 Å². The number of hydrogen-bond acceptors (Lipinski definition) is 6. The third kappa shape index (κ3) is 3.96. The molecule has 0 bridgehead atoms. The number of nitriles is 1. The SMILES string of the molecule is Cc1cc(=O)c(O)c(CNC(=O)CSc2nc3ccc(C#N)cc3[nH]2)n1C. The van der Waals surface area contributed by atoms with Crippen LogP contribution < -0.4 is 10.7 Å². The van der Waals surface area contributed by atoms with Crippen molar-refractivity contribution in [2.24, 2.45) is 7.05 Å². The number of thioether (sulfide) groups is 1. The Balaban J connectivity index is 1.62. The van der Waals surface area contributed by atoms with Crippen LogP contribution in [0.4, 0.5) is 0 Å². The molecular weight excluding hydrogens is 366 g/mol. The van der Waals surface area contributed by atoms with Gasteiger partial charge in [0.05, 0.1) is 40.7 Å². The molecule has 9 heteroatoms. The Morgan fingerprint density at radius 3 is 2.96 bits per heavy atom. The number of amides is 1. The number of carbonyl (C=O) groups excluding carboxylic acids is 1. The van der Waals surface area contributed by atoms with Gasteiger partial charge in [0.1, 0.15) is 0 Å². The van der Waals surface area contributed by atoms with E-state index in [0.29, 0.717) is 22.1 Å². The summed E-state index contributed by atoms with van der Waals surface area (Å²) in [6, 6.07) is 8.54. The summed E-state index contributed by atoms with van der Waals surface area (Å²) in [6.07, 6.45) is 0. The zero-order valence-corrected chi connectivity index (χ0v) is 15.6. The molecule has 3 aromatic rings. The first-order chi connectivity index (χ1) is 12.9. The largest absolute Gasteiger partial charge is 0.503 e. The lowest BCUT2D eigenvalue weighted by atomic mass is 10.2. The van der Waals surface area contributed by atoms with Crippen LogP contribution in [-0.2, 0) is 18.4 Å². The van der Waals surface area contributed by atoms with E-state index in [9.17, 15) is 14.7 Å². The van der Waals surface area contributed by atoms with Crippen molar-refractivity contribution >= 4 is 28.7 Å². The first-order valence-electron chi connectivity index (χ1n) is 8.07. The predicted octanol–water partition coefficient (Wildman–Crippen LogP) is 1.56. The van der Waals surface area contributed by atoms with Gasteiger partial charge in [0.15, 0.2) is 10.9 Å². The number of benzene rings is 1. The highest BCUT2D eigenvalue weighted by atomic mass is 32.2. The molecule has 3 rings (SSSR count). The molecule has 27 heavy (non-hydrogen) atoms.